The van der Waals surface area contributed by atoms with Crippen LogP contribution in [-0.4, -0.2) is 0 Å². The summed E-state index contributed by atoms with van der Waals surface area (Å²) < 4.78 is 4.38. The van der Waals surface area contributed by atoms with Gasteiger partial charge >= 0.3 is 0 Å². The summed E-state index contributed by atoms with van der Waals surface area (Å²) in [6, 6.07) is 6.33. The van der Waals surface area contributed by atoms with E-state index in [1.54, 1.807) is 11.3 Å². The van der Waals surface area contributed by atoms with Gasteiger partial charge in [0.05, 0.1) is 9.47 Å². The predicted octanol–water partition coefficient (Wildman–Crippen LogP) is 6.72. The van der Waals surface area contributed by atoms with E-state index in [1.165, 1.54) is 10.4 Å². The molecule has 0 unspecified atom stereocenters. The van der Waals surface area contributed by atoms with Crippen molar-refractivity contribution < 1.29 is 0 Å². The lowest BCUT2D eigenvalue weighted by Gasteiger charge is -2.11. The second-order valence-electron chi connectivity index (χ2n) is 3.79. The molecule has 96 valence electrons. The zero-order chi connectivity index (χ0) is 13.3. The fourth-order valence-corrected chi connectivity index (χ4v) is 5.34. The Hall–Kier alpha value is 0.640. The molecule has 18 heavy (non-hydrogen) atoms. The molecule has 0 aliphatic heterocycles. The Labute approximate surface area is 144 Å². The van der Waals surface area contributed by atoms with Crippen LogP contribution in [0.3, 0.4) is 0 Å². The SMILES string of the molecule is Cc1cc(Br)c(NCc2cc(Br)c(Br)s2)c(Br)c1. The summed E-state index contributed by atoms with van der Waals surface area (Å²) in [7, 11) is 0. The summed E-state index contributed by atoms with van der Waals surface area (Å²) in [5.74, 6) is 0. The number of hydrogen-bond acceptors (Lipinski definition) is 2. The van der Waals surface area contributed by atoms with Crippen molar-refractivity contribution in [2.75, 3.05) is 5.32 Å². The van der Waals surface area contributed by atoms with Crippen molar-refractivity contribution in [2.45, 2.75) is 13.5 Å². The maximum atomic E-state index is 3.58. The van der Waals surface area contributed by atoms with E-state index in [0.717, 1.165) is 29.4 Å². The second kappa shape index (κ2) is 6.39. The lowest BCUT2D eigenvalue weighted by atomic mass is 10.2. The number of hydrogen-bond donors (Lipinski definition) is 1. The summed E-state index contributed by atoms with van der Waals surface area (Å²) in [4.78, 5) is 1.27. The summed E-state index contributed by atoms with van der Waals surface area (Å²) >= 11 is 15.9. The van der Waals surface area contributed by atoms with Crippen molar-refractivity contribution in [2.24, 2.45) is 0 Å². The van der Waals surface area contributed by atoms with Gasteiger partial charge in [0.25, 0.3) is 0 Å². The molecule has 2 rings (SSSR count). The zero-order valence-corrected chi connectivity index (χ0v) is 16.5. The first kappa shape index (κ1) is 15.0. The first-order valence-corrected chi connectivity index (χ1v) is 9.09. The average molecular weight is 519 g/mol. The molecule has 2 aromatic rings. The van der Waals surface area contributed by atoms with E-state index in [0.29, 0.717) is 0 Å². The monoisotopic (exact) mass is 515 g/mol. The van der Waals surface area contributed by atoms with E-state index in [4.69, 9.17) is 0 Å². The summed E-state index contributed by atoms with van der Waals surface area (Å²) in [5.41, 5.74) is 2.31. The fraction of sp³-hybridized carbons (Fsp3) is 0.167. The normalized spacial score (nSPS) is 10.7. The third-order valence-electron chi connectivity index (χ3n) is 2.32. The molecule has 0 fully saturated rings. The van der Waals surface area contributed by atoms with Crippen LogP contribution in [0.5, 0.6) is 0 Å². The van der Waals surface area contributed by atoms with Gasteiger partial charge in [-0.2, -0.15) is 0 Å². The third-order valence-corrected chi connectivity index (χ3v) is 6.83. The van der Waals surface area contributed by atoms with Crippen LogP contribution >= 0.6 is 75.1 Å². The van der Waals surface area contributed by atoms with Crippen molar-refractivity contribution in [1.82, 2.24) is 0 Å². The van der Waals surface area contributed by atoms with Gasteiger partial charge in [0, 0.05) is 24.8 Å². The fourth-order valence-electron chi connectivity index (χ4n) is 1.52. The summed E-state index contributed by atoms with van der Waals surface area (Å²) in [6.45, 7) is 2.88. The van der Waals surface area contributed by atoms with E-state index in [2.05, 4.69) is 94.2 Å². The molecule has 1 nitrogen and oxygen atoms in total. The van der Waals surface area contributed by atoms with Crippen LogP contribution in [0.1, 0.15) is 10.4 Å². The van der Waals surface area contributed by atoms with Crippen LogP contribution in [0.2, 0.25) is 0 Å². The summed E-state index contributed by atoms with van der Waals surface area (Å²) in [6.07, 6.45) is 0. The molecule has 0 aliphatic carbocycles. The van der Waals surface area contributed by atoms with Gasteiger partial charge < -0.3 is 5.32 Å². The highest BCUT2D eigenvalue weighted by Crippen LogP contribution is 2.35. The number of aryl methyl sites for hydroxylation is 1. The van der Waals surface area contributed by atoms with E-state index in [-0.39, 0.29) is 0 Å². The quantitative estimate of drug-likeness (QED) is 0.476. The maximum Gasteiger partial charge on any atom is 0.0843 e. The van der Waals surface area contributed by atoms with Crippen LogP contribution in [0.4, 0.5) is 5.69 Å². The Balaban J connectivity index is 2.15. The van der Waals surface area contributed by atoms with Crippen LogP contribution in [0, 0.1) is 6.92 Å². The van der Waals surface area contributed by atoms with Crippen LogP contribution in [0.25, 0.3) is 0 Å². The molecular weight excluding hydrogens is 510 g/mol. The molecule has 1 aromatic heterocycles. The molecule has 0 amide bonds. The van der Waals surface area contributed by atoms with Crippen molar-refractivity contribution in [1.29, 1.82) is 0 Å². The Morgan fingerprint density at radius 1 is 1.00 bits per heavy atom. The lowest BCUT2D eigenvalue weighted by Crippen LogP contribution is -1.99. The topological polar surface area (TPSA) is 12.0 Å². The standard InChI is InChI=1S/C12H9Br4NS/c1-6-2-8(13)11(9(14)3-6)17-5-7-4-10(15)12(16)18-7/h2-4,17H,5H2,1H3. The number of thiophene rings is 1. The maximum absolute atomic E-state index is 3.58. The number of benzene rings is 1. The van der Waals surface area contributed by atoms with Gasteiger partial charge in [0.2, 0.25) is 0 Å². The molecule has 1 aromatic carbocycles. The minimum Gasteiger partial charge on any atom is -0.378 e. The third kappa shape index (κ3) is 3.60. The van der Waals surface area contributed by atoms with Crippen LogP contribution in [-0.2, 0) is 6.54 Å². The molecule has 1 N–H and O–H groups in total. The van der Waals surface area contributed by atoms with Gasteiger partial charge in [0.15, 0.2) is 0 Å². The van der Waals surface area contributed by atoms with E-state index >= 15 is 0 Å². The van der Waals surface area contributed by atoms with Crippen molar-refractivity contribution in [3.63, 3.8) is 0 Å². The van der Waals surface area contributed by atoms with Gasteiger partial charge in [-0.15, -0.1) is 11.3 Å². The minimum atomic E-state index is 0.801. The Morgan fingerprint density at radius 2 is 1.61 bits per heavy atom. The number of nitrogens with one attached hydrogen (secondary N) is 1. The molecular formula is C12H9Br4NS. The van der Waals surface area contributed by atoms with E-state index < -0.39 is 0 Å². The highest BCUT2D eigenvalue weighted by atomic mass is 79.9. The highest BCUT2D eigenvalue weighted by Gasteiger charge is 2.08. The minimum absolute atomic E-state index is 0.801. The second-order valence-corrected chi connectivity index (χ2v) is 8.81. The largest absolute Gasteiger partial charge is 0.378 e. The molecule has 0 atom stereocenters. The predicted molar refractivity (Wildman–Crippen MR) is 93.6 cm³/mol. The highest BCUT2D eigenvalue weighted by molar-refractivity contribution is 9.13. The van der Waals surface area contributed by atoms with E-state index in [1.807, 2.05) is 0 Å². The Kier molecular flexibility index (Phi) is 5.34. The van der Waals surface area contributed by atoms with Gasteiger partial charge in [-0.1, -0.05) is 0 Å². The van der Waals surface area contributed by atoms with Crippen molar-refractivity contribution >= 4 is 80.7 Å². The smallest absolute Gasteiger partial charge is 0.0843 e. The average Bonchev–Trinajstić information content (AvgIpc) is 2.56. The molecule has 0 bridgehead atoms. The molecule has 6 heteroatoms. The van der Waals surface area contributed by atoms with Gasteiger partial charge in [-0.05, 0) is 94.4 Å². The lowest BCUT2D eigenvalue weighted by molar-refractivity contribution is 1.18. The number of anilines is 1. The first-order valence-electron chi connectivity index (χ1n) is 5.10. The Bertz CT molecular complexity index is 537. The number of halogens is 4. The molecule has 0 spiro atoms. The van der Waals surface area contributed by atoms with Gasteiger partial charge in [-0.25, -0.2) is 0 Å². The van der Waals surface area contributed by atoms with Crippen LogP contribution < -0.4 is 5.32 Å². The van der Waals surface area contributed by atoms with E-state index in [9.17, 15) is 0 Å². The Morgan fingerprint density at radius 3 is 2.11 bits per heavy atom. The van der Waals surface area contributed by atoms with Gasteiger partial charge in [0.1, 0.15) is 0 Å². The molecule has 1 heterocycles. The molecule has 0 aliphatic rings. The zero-order valence-electron chi connectivity index (χ0n) is 9.36. The summed E-state index contributed by atoms with van der Waals surface area (Å²) in [5, 5.41) is 3.44. The molecule has 0 saturated heterocycles. The van der Waals surface area contributed by atoms with Gasteiger partial charge in [-0.3, -0.25) is 0 Å². The molecule has 0 saturated carbocycles. The number of rotatable bonds is 3. The first-order chi connectivity index (χ1) is 8.47. The molecule has 0 radical (unpaired) electrons. The van der Waals surface area contributed by atoms with Crippen LogP contribution in [0.15, 0.2) is 35.4 Å². The van der Waals surface area contributed by atoms with Crippen molar-refractivity contribution in [3.05, 3.63) is 45.8 Å². The van der Waals surface area contributed by atoms with Crippen molar-refractivity contribution in [3.8, 4) is 0 Å².